The van der Waals surface area contributed by atoms with Gasteiger partial charge >= 0.3 is 18.3 Å². The van der Waals surface area contributed by atoms with E-state index in [-0.39, 0.29) is 70.9 Å². The first-order valence-electron chi connectivity index (χ1n) is 18.3. The zero-order valence-corrected chi connectivity index (χ0v) is 30.1. The van der Waals surface area contributed by atoms with Crippen LogP contribution < -0.4 is 9.64 Å². The van der Waals surface area contributed by atoms with Gasteiger partial charge in [-0.25, -0.2) is 4.39 Å². The number of halogens is 7. The maximum Gasteiger partial charge on any atom is 0.416 e. The highest BCUT2D eigenvalue weighted by molar-refractivity contribution is 5.88. The number of alkyl halides is 7. The van der Waals surface area contributed by atoms with Gasteiger partial charge in [0, 0.05) is 63.3 Å². The fourth-order valence-corrected chi connectivity index (χ4v) is 8.87. The number of benzene rings is 2. The first-order valence-corrected chi connectivity index (χ1v) is 18.3. The SMILES string of the molecule is CC[C@H]1CN(C(=O)[C@]2(F)CN(CC(=O)N3CCC[C@@H]3C(F)(F)F)C[C@H]2c2ccc(OC)cc2)C[C@@H]1c1ccc(C(F)(F)F)cc1N1CCC(C(=O)O)CC1. The predicted octanol–water partition coefficient (Wildman–Crippen LogP) is 6.33. The van der Waals surface area contributed by atoms with E-state index >= 15 is 4.39 Å². The lowest BCUT2D eigenvalue weighted by Gasteiger charge is -2.35. The quantitative estimate of drug-likeness (QED) is 0.298. The molecule has 54 heavy (non-hydrogen) atoms. The van der Waals surface area contributed by atoms with Crippen LogP contribution in [-0.2, 0) is 20.6 Å². The number of ether oxygens (including phenoxy) is 1. The summed E-state index contributed by atoms with van der Waals surface area (Å²) in [6.45, 7) is 1.21. The molecule has 2 aromatic carbocycles. The summed E-state index contributed by atoms with van der Waals surface area (Å²) < 4.78 is 106. The Labute approximate surface area is 309 Å². The molecule has 0 bridgehead atoms. The third-order valence-electron chi connectivity index (χ3n) is 11.8. The average molecular weight is 771 g/mol. The number of anilines is 1. The molecular weight excluding hydrogens is 725 g/mol. The number of carboxylic acids is 1. The molecule has 0 saturated carbocycles. The maximum atomic E-state index is 17.7. The summed E-state index contributed by atoms with van der Waals surface area (Å²) in [6.07, 6.45) is -8.24. The fourth-order valence-electron chi connectivity index (χ4n) is 8.87. The van der Waals surface area contributed by atoms with Crippen LogP contribution in [0.1, 0.15) is 67.6 Å². The van der Waals surface area contributed by atoms with Crippen molar-refractivity contribution in [2.75, 3.05) is 64.4 Å². The molecule has 0 aliphatic carbocycles. The molecule has 4 heterocycles. The van der Waals surface area contributed by atoms with Crippen molar-refractivity contribution in [2.45, 2.75) is 74.9 Å². The number of carbonyl (C=O) groups is 3. The Kier molecular flexibility index (Phi) is 11.2. The van der Waals surface area contributed by atoms with Crippen LogP contribution in [0, 0.1) is 11.8 Å². The van der Waals surface area contributed by atoms with Crippen molar-refractivity contribution >= 4 is 23.5 Å². The standard InChI is InChI=1S/C38H45F7N4O5/c1-3-23-18-48(19-29(23)28-11-8-26(37(40,41)42)17-31(28)47-15-12-25(13-16-47)34(51)52)35(53)36(39)22-46(20-30(36)24-6-9-27(54-2)10-7-24)21-33(50)49-14-4-5-32(49)38(43,44)45/h6-11,17,23,25,29-30,32H,3-5,12-16,18-22H2,1-2H3,(H,51,52)/t23-,29-,30-,32+,36-/m0/s1. The van der Waals surface area contributed by atoms with Crippen molar-refractivity contribution in [1.82, 2.24) is 14.7 Å². The summed E-state index contributed by atoms with van der Waals surface area (Å²) in [7, 11) is 1.46. The van der Waals surface area contributed by atoms with Crippen molar-refractivity contribution in [2.24, 2.45) is 11.8 Å². The number of rotatable bonds is 9. The smallest absolute Gasteiger partial charge is 0.416 e. The van der Waals surface area contributed by atoms with E-state index in [1.165, 1.54) is 23.0 Å². The van der Waals surface area contributed by atoms with Gasteiger partial charge in [0.2, 0.25) is 11.6 Å². The highest BCUT2D eigenvalue weighted by Crippen LogP contribution is 2.46. The fraction of sp³-hybridized carbons (Fsp3) is 0.605. The van der Waals surface area contributed by atoms with Crippen LogP contribution in [0.2, 0.25) is 0 Å². The van der Waals surface area contributed by atoms with Crippen LogP contribution in [0.5, 0.6) is 5.75 Å². The number of hydrogen-bond donors (Lipinski definition) is 1. The minimum Gasteiger partial charge on any atom is -0.497 e. The van der Waals surface area contributed by atoms with Crippen molar-refractivity contribution in [3.05, 3.63) is 59.2 Å². The maximum absolute atomic E-state index is 17.7. The lowest BCUT2D eigenvalue weighted by atomic mass is 9.84. The number of hydrogen-bond acceptors (Lipinski definition) is 6. The molecule has 0 radical (unpaired) electrons. The predicted molar refractivity (Wildman–Crippen MR) is 184 cm³/mol. The second-order valence-electron chi connectivity index (χ2n) is 15.0. The molecular formula is C38H45F7N4O5. The molecule has 0 aromatic heterocycles. The van der Waals surface area contributed by atoms with Gasteiger partial charge in [0.05, 0.1) is 25.1 Å². The van der Waals surface area contributed by atoms with Gasteiger partial charge in [0.15, 0.2) is 0 Å². The Morgan fingerprint density at radius 1 is 0.926 bits per heavy atom. The number of piperidine rings is 1. The third-order valence-corrected chi connectivity index (χ3v) is 11.8. The summed E-state index contributed by atoms with van der Waals surface area (Å²) in [6, 6.07) is 7.98. The highest BCUT2D eigenvalue weighted by atomic mass is 19.4. The molecule has 4 aliphatic rings. The van der Waals surface area contributed by atoms with Crippen molar-refractivity contribution < 1.29 is 55.0 Å². The molecule has 6 rings (SSSR count). The Hall–Kier alpha value is -4.08. The monoisotopic (exact) mass is 770 g/mol. The summed E-state index contributed by atoms with van der Waals surface area (Å²) >= 11 is 0. The van der Waals surface area contributed by atoms with E-state index in [0.29, 0.717) is 29.0 Å². The molecule has 2 amide bonds. The largest absolute Gasteiger partial charge is 0.497 e. The second kappa shape index (κ2) is 15.2. The molecule has 16 heteroatoms. The van der Waals surface area contributed by atoms with Crippen LogP contribution in [0.3, 0.4) is 0 Å². The molecule has 4 fully saturated rings. The molecule has 1 N–H and O–H groups in total. The van der Waals surface area contributed by atoms with E-state index in [1.807, 2.05) is 6.92 Å². The summed E-state index contributed by atoms with van der Waals surface area (Å²) in [5.41, 5.74) is -2.14. The van der Waals surface area contributed by atoms with E-state index in [9.17, 15) is 45.8 Å². The summed E-state index contributed by atoms with van der Waals surface area (Å²) in [4.78, 5) is 44.7. The number of amides is 2. The van der Waals surface area contributed by atoms with Gasteiger partial charge in [-0.3, -0.25) is 19.3 Å². The first-order chi connectivity index (χ1) is 25.4. The zero-order chi connectivity index (χ0) is 39.2. The van der Waals surface area contributed by atoms with E-state index in [4.69, 9.17) is 4.74 Å². The van der Waals surface area contributed by atoms with Crippen molar-refractivity contribution in [3.63, 3.8) is 0 Å². The van der Waals surface area contributed by atoms with Crippen molar-refractivity contribution in [3.8, 4) is 5.75 Å². The third kappa shape index (κ3) is 7.85. The zero-order valence-electron chi connectivity index (χ0n) is 30.1. The first kappa shape index (κ1) is 39.6. The molecule has 9 nitrogen and oxygen atoms in total. The van der Waals surface area contributed by atoms with Gasteiger partial charge < -0.3 is 24.5 Å². The lowest BCUT2D eigenvalue weighted by molar-refractivity contribution is -0.183. The molecule has 2 aromatic rings. The van der Waals surface area contributed by atoms with E-state index in [2.05, 4.69) is 0 Å². The molecule has 296 valence electrons. The Bertz CT molecular complexity index is 1700. The second-order valence-corrected chi connectivity index (χ2v) is 15.0. The Morgan fingerprint density at radius 2 is 1.61 bits per heavy atom. The molecule has 0 spiro atoms. The van der Waals surface area contributed by atoms with Gasteiger partial charge in [-0.15, -0.1) is 0 Å². The lowest BCUT2D eigenvalue weighted by Crippen LogP contribution is -2.51. The van der Waals surface area contributed by atoms with Crippen LogP contribution >= 0.6 is 0 Å². The topological polar surface area (TPSA) is 93.6 Å². The average Bonchev–Trinajstić information content (AvgIpc) is 3.89. The Balaban J connectivity index is 1.28. The van der Waals surface area contributed by atoms with Gasteiger partial charge in [-0.05, 0) is 67.0 Å². The van der Waals surface area contributed by atoms with Gasteiger partial charge in [-0.1, -0.05) is 31.5 Å². The minimum atomic E-state index is -4.64. The number of likely N-dealkylation sites (tertiary alicyclic amines) is 3. The van der Waals surface area contributed by atoms with E-state index in [0.717, 1.165) is 17.0 Å². The van der Waals surface area contributed by atoms with Gasteiger partial charge in [0.1, 0.15) is 11.8 Å². The van der Waals surface area contributed by atoms with Crippen LogP contribution in [0.25, 0.3) is 0 Å². The van der Waals surface area contributed by atoms with E-state index < -0.39 is 78.3 Å². The van der Waals surface area contributed by atoms with Crippen LogP contribution in [0.15, 0.2) is 42.5 Å². The number of carbonyl (C=O) groups excluding carboxylic acids is 2. The number of aliphatic carboxylic acids is 1. The van der Waals surface area contributed by atoms with Gasteiger partial charge in [0.25, 0.3) is 5.91 Å². The molecule has 4 saturated heterocycles. The molecule has 4 aliphatic heterocycles. The normalized spacial score (nSPS) is 27.2. The number of carboxylic acid groups (broad SMARTS) is 1. The summed E-state index contributed by atoms with van der Waals surface area (Å²) in [5, 5.41) is 9.49. The van der Waals surface area contributed by atoms with Crippen molar-refractivity contribution in [1.29, 1.82) is 0 Å². The van der Waals surface area contributed by atoms with Gasteiger partial charge in [-0.2, -0.15) is 26.3 Å². The molecule has 5 atom stereocenters. The number of methoxy groups -OCH3 is 1. The van der Waals surface area contributed by atoms with E-state index in [1.54, 1.807) is 29.2 Å². The van der Waals surface area contributed by atoms with Crippen LogP contribution in [0.4, 0.5) is 36.4 Å². The molecule has 0 unspecified atom stereocenters. The minimum absolute atomic E-state index is 0.00225. The summed E-state index contributed by atoms with van der Waals surface area (Å²) in [5.74, 6) is -4.54. The highest BCUT2D eigenvalue weighted by Gasteiger charge is 2.57. The Morgan fingerprint density at radius 3 is 2.20 bits per heavy atom. The van der Waals surface area contributed by atoms with Crippen LogP contribution in [-0.4, -0.2) is 115 Å². The number of nitrogens with zero attached hydrogens (tertiary/aromatic N) is 4.